The van der Waals surface area contributed by atoms with Crippen LogP contribution in [0.5, 0.6) is 0 Å². The molecule has 2 N–H and O–H groups in total. The molecule has 0 aliphatic carbocycles. The molecule has 0 unspecified atom stereocenters. The third-order valence-corrected chi connectivity index (χ3v) is 1.21. The van der Waals surface area contributed by atoms with E-state index < -0.39 is 0 Å². The van der Waals surface area contributed by atoms with E-state index in [1.165, 1.54) is 0 Å². The summed E-state index contributed by atoms with van der Waals surface area (Å²) in [5, 5.41) is 11.5. The van der Waals surface area contributed by atoms with E-state index in [0.29, 0.717) is 6.54 Å². The molecule has 0 saturated carbocycles. The van der Waals surface area contributed by atoms with Gasteiger partial charge in [0.1, 0.15) is 0 Å². The number of benzene rings is 1. The summed E-state index contributed by atoms with van der Waals surface area (Å²) >= 11 is 0. The molecule has 2 nitrogen and oxygen atoms in total. The molecule has 0 fully saturated rings. The summed E-state index contributed by atoms with van der Waals surface area (Å²) in [7, 11) is 0. The second-order valence-electron chi connectivity index (χ2n) is 2.02. The number of anilines is 1. The zero-order valence-electron chi connectivity index (χ0n) is 6.06. The van der Waals surface area contributed by atoms with Crippen molar-refractivity contribution in [3.05, 3.63) is 30.3 Å². The first-order valence-electron chi connectivity index (χ1n) is 3.33. The molecule has 1 rings (SSSR count). The van der Waals surface area contributed by atoms with E-state index in [2.05, 4.69) is 5.32 Å². The van der Waals surface area contributed by atoms with Crippen molar-refractivity contribution in [3.63, 3.8) is 0 Å². The van der Waals surface area contributed by atoms with Crippen LogP contribution in [0.15, 0.2) is 30.3 Å². The van der Waals surface area contributed by atoms with Crippen LogP contribution in [-0.4, -0.2) is 18.3 Å². The molecule has 0 atom stereocenters. The van der Waals surface area contributed by atoms with E-state index in [4.69, 9.17) is 5.11 Å². The van der Waals surface area contributed by atoms with Crippen LogP contribution in [0.4, 0.5) is 5.69 Å². The molecular weight excluding hydrogens is 321 g/mol. The monoisotopic (exact) mass is 332 g/mol. The van der Waals surface area contributed by atoms with Crippen molar-refractivity contribution in [1.29, 1.82) is 0 Å². The van der Waals surface area contributed by atoms with Crippen molar-refractivity contribution in [3.8, 4) is 0 Å². The first-order chi connectivity index (χ1) is 4.93. The van der Waals surface area contributed by atoms with E-state index in [0.717, 1.165) is 5.69 Å². The summed E-state index contributed by atoms with van der Waals surface area (Å²) < 4.78 is 0. The summed E-state index contributed by atoms with van der Waals surface area (Å²) in [5.41, 5.74) is 1.05. The Bertz CT molecular complexity index is 179. The van der Waals surface area contributed by atoms with Gasteiger partial charge < -0.3 is 10.4 Å². The Hall–Kier alpha value is -0.332. The third-order valence-electron chi connectivity index (χ3n) is 1.21. The van der Waals surface area contributed by atoms with Gasteiger partial charge in [-0.1, -0.05) is 18.2 Å². The molecular formula is C8H11NOPt. The van der Waals surface area contributed by atoms with Gasteiger partial charge in [0, 0.05) is 33.3 Å². The zero-order chi connectivity index (χ0) is 7.23. The van der Waals surface area contributed by atoms with Gasteiger partial charge in [-0.25, -0.2) is 0 Å². The molecule has 0 amide bonds. The van der Waals surface area contributed by atoms with Gasteiger partial charge in [0.15, 0.2) is 0 Å². The maximum atomic E-state index is 8.47. The molecule has 64 valence electrons. The first-order valence-corrected chi connectivity index (χ1v) is 3.33. The molecule has 1 aromatic carbocycles. The van der Waals surface area contributed by atoms with E-state index >= 15 is 0 Å². The Labute approximate surface area is 80.9 Å². The number of para-hydroxylation sites is 1. The van der Waals surface area contributed by atoms with E-state index in [9.17, 15) is 0 Å². The molecule has 0 saturated heterocycles. The van der Waals surface area contributed by atoms with Crippen LogP contribution in [0.25, 0.3) is 0 Å². The Morgan fingerprint density at radius 1 is 1.18 bits per heavy atom. The molecule has 0 bridgehead atoms. The second-order valence-corrected chi connectivity index (χ2v) is 2.02. The van der Waals surface area contributed by atoms with Crippen LogP contribution in [-0.2, 0) is 21.1 Å². The Kier molecular flexibility index (Phi) is 6.19. The van der Waals surface area contributed by atoms with Crippen LogP contribution >= 0.6 is 0 Å². The fraction of sp³-hybridized carbons (Fsp3) is 0.250. The van der Waals surface area contributed by atoms with Crippen molar-refractivity contribution in [2.45, 2.75) is 0 Å². The molecule has 3 heteroatoms. The van der Waals surface area contributed by atoms with Crippen LogP contribution in [0.1, 0.15) is 0 Å². The van der Waals surface area contributed by atoms with Crippen molar-refractivity contribution in [2.75, 3.05) is 18.5 Å². The zero-order valence-corrected chi connectivity index (χ0v) is 8.34. The largest absolute Gasteiger partial charge is 0.395 e. The minimum absolute atomic E-state index is 0. The van der Waals surface area contributed by atoms with Gasteiger partial charge in [-0.05, 0) is 12.1 Å². The minimum Gasteiger partial charge on any atom is -0.395 e. The summed E-state index contributed by atoms with van der Waals surface area (Å²) in [5.74, 6) is 0. The summed E-state index contributed by atoms with van der Waals surface area (Å²) in [6, 6.07) is 9.81. The van der Waals surface area contributed by atoms with Gasteiger partial charge in [0.05, 0.1) is 6.61 Å². The summed E-state index contributed by atoms with van der Waals surface area (Å²) in [6.07, 6.45) is 0. The SMILES string of the molecule is OCCNc1ccccc1.[Pt]. The first kappa shape index (κ1) is 10.7. The molecule has 0 aliphatic heterocycles. The van der Waals surface area contributed by atoms with Crippen LogP contribution < -0.4 is 5.32 Å². The van der Waals surface area contributed by atoms with E-state index in [-0.39, 0.29) is 27.7 Å². The average molecular weight is 332 g/mol. The Morgan fingerprint density at radius 2 is 1.82 bits per heavy atom. The number of aliphatic hydroxyl groups is 1. The normalized spacial score (nSPS) is 8.45. The molecule has 11 heavy (non-hydrogen) atoms. The van der Waals surface area contributed by atoms with Crippen LogP contribution in [0, 0.1) is 0 Å². The standard InChI is InChI=1S/C8H11NO.Pt/c10-7-6-9-8-4-2-1-3-5-8;/h1-5,9-10H,6-7H2;. The van der Waals surface area contributed by atoms with Gasteiger partial charge >= 0.3 is 0 Å². The number of hydrogen-bond acceptors (Lipinski definition) is 2. The molecule has 1 aromatic rings. The number of hydrogen-bond donors (Lipinski definition) is 2. The van der Waals surface area contributed by atoms with Crippen molar-refractivity contribution in [1.82, 2.24) is 0 Å². The second kappa shape index (κ2) is 6.38. The number of aliphatic hydroxyl groups excluding tert-OH is 1. The van der Waals surface area contributed by atoms with Gasteiger partial charge in [-0.3, -0.25) is 0 Å². The Morgan fingerprint density at radius 3 is 2.36 bits per heavy atom. The summed E-state index contributed by atoms with van der Waals surface area (Å²) in [6.45, 7) is 0.791. The van der Waals surface area contributed by atoms with Crippen molar-refractivity contribution >= 4 is 5.69 Å². The van der Waals surface area contributed by atoms with E-state index in [1.807, 2.05) is 30.3 Å². The third kappa shape index (κ3) is 4.18. The Balaban J connectivity index is 0.000001000. The molecule has 0 radical (unpaired) electrons. The van der Waals surface area contributed by atoms with Crippen LogP contribution in [0.2, 0.25) is 0 Å². The molecule has 0 aromatic heterocycles. The average Bonchev–Trinajstić information content (AvgIpc) is 2.03. The fourth-order valence-corrected chi connectivity index (χ4v) is 0.756. The maximum Gasteiger partial charge on any atom is 0.0604 e. The fourth-order valence-electron chi connectivity index (χ4n) is 0.756. The maximum absolute atomic E-state index is 8.47. The smallest absolute Gasteiger partial charge is 0.0604 e. The molecule has 0 heterocycles. The minimum atomic E-state index is 0. The van der Waals surface area contributed by atoms with Gasteiger partial charge in [0.25, 0.3) is 0 Å². The van der Waals surface area contributed by atoms with Crippen molar-refractivity contribution < 1.29 is 26.2 Å². The molecule has 0 spiro atoms. The number of nitrogens with one attached hydrogen (secondary N) is 1. The predicted octanol–water partition coefficient (Wildman–Crippen LogP) is 1.09. The van der Waals surface area contributed by atoms with Gasteiger partial charge in [0.2, 0.25) is 0 Å². The number of rotatable bonds is 3. The van der Waals surface area contributed by atoms with Gasteiger partial charge in [-0.15, -0.1) is 0 Å². The molecule has 0 aliphatic rings. The van der Waals surface area contributed by atoms with Gasteiger partial charge in [-0.2, -0.15) is 0 Å². The quantitative estimate of drug-likeness (QED) is 0.869. The summed E-state index contributed by atoms with van der Waals surface area (Å²) in [4.78, 5) is 0. The van der Waals surface area contributed by atoms with E-state index in [1.54, 1.807) is 0 Å². The van der Waals surface area contributed by atoms with Crippen LogP contribution in [0.3, 0.4) is 0 Å². The van der Waals surface area contributed by atoms with Crippen molar-refractivity contribution in [2.24, 2.45) is 0 Å². The topological polar surface area (TPSA) is 32.3 Å². The predicted molar refractivity (Wildman–Crippen MR) is 42.0 cm³/mol.